The van der Waals surface area contributed by atoms with Gasteiger partial charge in [-0.05, 0) is 32.0 Å². The number of para-hydroxylation sites is 3. The van der Waals surface area contributed by atoms with Gasteiger partial charge < -0.3 is 20.1 Å². The highest BCUT2D eigenvalue weighted by molar-refractivity contribution is 5.92. The zero-order valence-electron chi connectivity index (χ0n) is 16.7. The number of nitrogens with one attached hydrogen (secondary N) is 2. The van der Waals surface area contributed by atoms with E-state index in [1.165, 1.54) is 12.4 Å². The highest BCUT2D eigenvalue weighted by atomic mass is 16.5. The summed E-state index contributed by atoms with van der Waals surface area (Å²) in [6.45, 7) is 4.27. The van der Waals surface area contributed by atoms with Crippen LogP contribution in [0.5, 0.6) is 11.5 Å². The summed E-state index contributed by atoms with van der Waals surface area (Å²) in [7, 11) is 1.60. The van der Waals surface area contributed by atoms with Gasteiger partial charge in [0, 0.05) is 12.1 Å². The van der Waals surface area contributed by atoms with Gasteiger partial charge in [0.25, 0.3) is 5.91 Å². The van der Waals surface area contributed by atoms with Gasteiger partial charge in [-0.25, -0.2) is 9.97 Å². The first kappa shape index (κ1) is 20.1. The number of benzene rings is 2. The number of hydrogen-bond acceptors (Lipinski definition) is 6. The van der Waals surface area contributed by atoms with Crippen LogP contribution in [0.3, 0.4) is 0 Å². The summed E-state index contributed by atoms with van der Waals surface area (Å²) in [5, 5.41) is 6.00. The fraction of sp³-hybridized carbons (Fsp3) is 0.227. The van der Waals surface area contributed by atoms with Gasteiger partial charge in [-0.1, -0.05) is 30.3 Å². The summed E-state index contributed by atoms with van der Waals surface area (Å²) < 4.78 is 11.1. The number of amides is 1. The van der Waals surface area contributed by atoms with Gasteiger partial charge in [-0.2, -0.15) is 0 Å². The molecule has 0 aliphatic heterocycles. The Morgan fingerprint density at radius 3 is 2.41 bits per heavy atom. The molecule has 0 bridgehead atoms. The highest BCUT2D eigenvalue weighted by Crippen LogP contribution is 2.27. The van der Waals surface area contributed by atoms with Crippen molar-refractivity contribution in [3.8, 4) is 11.5 Å². The van der Waals surface area contributed by atoms with Gasteiger partial charge in [0.15, 0.2) is 0 Å². The molecule has 0 aliphatic carbocycles. The molecule has 150 valence electrons. The minimum Gasteiger partial charge on any atom is -0.496 e. The monoisotopic (exact) mass is 392 g/mol. The standard InChI is InChI=1S/C22H24N4O3/c1-15(2)29-20-11-7-5-9-17(20)26-21-14-23-18(13-24-21)22(27)25-12-16-8-4-6-10-19(16)28-3/h4-11,13-15H,12H2,1-3H3,(H,24,26)(H,25,27). The number of hydrogen-bond donors (Lipinski definition) is 2. The third kappa shape index (κ3) is 5.44. The van der Waals surface area contributed by atoms with E-state index < -0.39 is 0 Å². The lowest BCUT2D eigenvalue weighted by Crippen LogP contribution is -2.24. The van der Waals surface area contributed by atoms with E-state index in [9.17, 15) is 4.79 Å². The molecule has 3 rings (SSSR count). The van der Waals surface area contributed by atoms with E-state index in [0.717, 1.165) is 22.7 Å². The molecule has 1 amide bonds. The molecule has 29 heavy (non-hydrogen) atoms. The number of anilines is 2. The minimum absolute atomic E-state index is 0.0540. The highest BCUT2D eigenvalue weighted by Gasteiger charge is 2.11. The third-order valence-corrected chi connectivity index (χ3v) is 4.03. The lowest BCUT2D eigenvalue weighted by atomic mass is 10.2. The molecule has 7 heteroatoms. The Bertz CT molecular complexity index is 958. The Balaban J connectivity index is 1.64. The van der Waals surface area contributed by atoms with Crippen LogP contribution in [0.25, 0.3) is 0 Å². The Morgan fingerprint density at radius 1 is 1.00 bits per heavy atom. The summed E-state index contributed by atoms with van der Waals surface area (Å²) in [5.41, 5.74) is 1.90. The van der Waals surface area contributed by atoms with Crippen molar-refractivity contribution >= 4 is 17.4 Å². The van der Waals surface area contributed by atoms with Crippen molar-refractivity contribution in [3.05, 3.63) is 72.2 Å². The van der Waals surface area contributed by atoms with E-state index in [2.05, 4.69) is 20.6 Å². The van der Waals surface area contributed by atoms with Crippen LogP contribution in [0, 0.1) is 0 Å². The molecule has 1 aromatic heterocycles. The molecule has 0 atom stereocenters. The number of aromatic nitrogens is 2. The Labute approximate surface area is 170 Å². The van der Waals surface area contributed by atoms with E-state index in [0.29, 0.717) is 12.4 Å². The van der Waals surface area contributed by atoms with E-state index in [1.807, 2.05) is 62.4 Å². The molecular formula is C22H24N4O3. The average Bonchev–Trinajstić information content (AvgIpc) is 2.74. The molecule has 2 aromatic carbocycles. The summed E-state index contributed by atoms with van der Waals surface area (Å²) in [6, 6.07) is 15.1. The summed E-state index contributed by atoms with van der Waals surface area (Å²) in [5.74, 6) is 1.66. The van der Waals surface area contributed by atoms with Gasteiger partial charge in [0.1, 0.15) is 23.0 Å². The lowest BCUT2D eigenvalue weighted by Gasteiger charge is -2.15. The smallest absolute Gasteiger partial charge is 0.271 e. The van der Waals surface area contributed by atoms with Crippen LogP contribution in [0.2, 0.25) is 0 Å². The van der Waals surface area contributed by atoms with Crippen molar-refractivity contribution in [2.24, 2.45) is 0 Å². The maximum absolute atomic E-state index is 12.4. The fourth-order valence-electron chi connectivity index (χ4n) is 2.69. The maximum atomic E-state index is 12.4. The summed E-state index contributed by atoms with van der Waals surface area (Å²) in [4.78, 5) is 20.9. The van der Waals surface area contributed by atoms with Gasteiger partial charge in [0.2, 0.25) is 0 Å². The first-order chi connectivity index (χ1) is 14.1. The van der Waals surface area contributed by atoms with Crippen LogP contribution in [0.15, 0.2) is 60.9 Å². The van der Waals surface area contributed by atoms with Crippen molar-refractivity contribution < 1.29 is 14.3 Å². The molecule has 0 spiro atoms. The molecule has 2 N–H and O–H groups in total. The molecule has 0 saturated carbocycles. The normalized spacial score (nSPS) is 10.5. The zero-order chi connectivity index (χ0) is 20.6. The number of carbonyl (C=O) groups excluding carboxylic acids is 1. The Morgan fingerprint density at radius 2 is 1.72 bits per heavy atom. The van der Waals surface area contributed by atoms with Crippen molar-refractivity contribution in [3.63, 3.8) is 0 Å². The topological polar surface area (TPSA) is 85.4 Å². The van der Waals surface area contributed by atoms with E-state index in [1.54, 1.807) is 7.11 Å². The van der Waals surface area contributed by atoms with Crippen molar-refractivity contribution in [2.75, 3.05) is 12.4 Å². The van der Waals surface area contributed by atoms with Crippen molar-refractivity contribution in [1.29, 1.82) is 0 Å². The second-order valence-electron chi connectivity index (χ2n) is 6.57. The molecule has 0 radical (unpaired) electrons. The van der Waals surface area contributed by atoms with Gasteiger partial charge in [0.05, 0.1) is 31.3 Å². The van der Waals surface area contributed by atoms with E-state index in [-0.39, 0.29) is 17.7 Å². The van der Waals surface area contributed by atoms with E-state index >= 15 is 0 Å². The number of ether oxygens (including phenoxy) is 2. The molecule has 7 nitrogen and oxygen atoms in total. The largest absolute Gasteiger partial charge is 0.496 e. The van der Waals surface area contributed by atoms with Gasteiger partial charge in [-0.3, -0.25) is 4.79 Å². The summed E-state index contributed by atoms with van der Waals surface area (Å²) >= 11 is 0. The molecule has 0 fully saturated rings. The van der Waals surface area contributed by atoms with Gasteiger partial charge in [-0.15, -0.1) is 0 Å². The predicted molar refractivity (Wildman–Crippen MR) is 112 cm³/mol. The third-order valence-electron chi connectivity index (χ3n) is 4.03. The molecule has 0 saturated heterocycles. The quantitative estimate of drug-likeness (QED) is 0.604. The second kappa shape index (κ2) is 9.54. The lowest BCUT2D eigenvalue weighted by molar-refractivity contribution is 0.0945. The fourth-order valence-corrected chi connectivity index (χ4v) is 2.69. The predicted octanol–water partition coefficient (Wildman–Crippen LogP) is 3.95. The van der Waals surface area contributed by atoms with Crippen LogP contribution < -0.4 is 20.1 Å². The second-order valence-corrected chi connectivity index (χ2v) is 6.57. The first-order valence-corrected chi connectivity index (χ1v) is 9.31. The van der Waals surface area contributed by atoms with Crippen LogP contribution >= 0.6 is 0 Å². The zero-order valence-corrected chi connectivity index (χ0v) is 16.7. The molecule has 0 unspecified atom stereocenters. The van der Waals surface area contributed by atoms with Crippen LogP contribution in [0.1, 0.15) is 29.9 Å². The number of rotatable bonds is 8. The van der Waals surface area contributed by atoms with Crippen LogP contribution in [-0.2, 0) is 6.54 Å². The maximum Gasteiger partial charge on any atom is 0.271 e. The molecule has 1 heterocycles. The molecule has 3 aromatic rings. The number of nitrogens with zero attached hydrogens (tertiary/aromatic N) is 2. The minimum atomic E-state index is -0.307. The van der Waals surface area contributed by atoms with E-state index in [4.69, 9.17) is 9.47 Å². The van der Waals surface area contributed by atoms with Crippen molar-refractivity contribution in [2.45, 2.75) is 26.5 Å². The number of carbonyl (C=O) groups is 1. The average molecular weight is 392 g/mol. The number of methoxy groups -OCH3 is 1. The van der Waals surface area contributed by atoms with Crippen LogP contribution in [0.4, 0.5) is 11.5 Å². The Hall–Kier alpha value is -3.61. The van der Waals surface area contributed by atoms with Crippen molar-refractivity contribution in [1.82, 2.24) is 15.3 Å². The summed E-state index contributed by atoms with van der Waals surface area (Å²) in [6.07, 6.45) is 3.01. The van der Waals surface area contributed by atoms with Crippen LogP contribution in [-0.4, -0.2) is 29.1 Å². The Kier molecular flexibility index (Phi) is 6.63. The molecular weight excluding hydrogens is 368 g/mol. The molecule has 0 aliphatic rings. The van der Waals surface area contributed by atoms with Gasteiger partial charge >= 0.3 is 0 Å². The SMILES string of the molecule is COc1ccccc1CNC(=O)c1cnc(Nc2ccccc2OC(C)C)cn1. The first-order valence-electron chi connectivity index (χ1n) is 9.31.